The van der Waals surface area contributed by atoms with Crippen LogP contribution in [0, 0.1) is 0 Å². The molecule has 17 heavy (non-hydrogen) atoms. The molecule has 0 aliphatic heterocycles. The third-order valence-electron chi connectivity index (χ3n) is 4.10. The standard InChI is InChI=1S/C14H18N2O/c1-15-12-8-7-10(9-13(12)16(15)2)11-5-3-4-6-14(11)17/h7-9,11H,3-6H2,1-2H3. The Labute approximate surface area is 101 Å². The van der Waals surface area contributed by atoms with Crippen molar-refractivity contribution < 1.29 is 4.79 Å². The molecular formula is C14H18N2O. The number of Topliss-reactive ketones (excluding diaryl/α,β-unsaturated/α-hetero) is 1. The number of fused-ring (bicyclic) bond motifs is 1. The van der Waals surface area contributed by atoms with Crippen molar-refractivity contribution in [1.29, 1.82) is 0 Å². The molecule has 1 fully saturated rings. The van der Waals surface area contributed by atoms with Crippen LogP contribution in [0.25, 0.3) is 11.0 Å². The molecule has 0 amide bonds. The maximum Gasteiger partial charge on any atom is 0.140 e. The summed E-state index contributed by atoms with van der Waals surface area (Å²) in [6, 6.07) is 6.44. The molecule has 90 valence electrons. The van der Waals surface area contributed by atoms with Crippen molar-refractivity contribution in [2.75, 3.05) is 0 Å². The third kappa shape index (κ3) is 1.53. The molecule has 0 radical (unpaired) electrons. The second-order valence-corrected chi connectivity index (χ2v) is 5.06. The molecule has 3 heteroatoms. The molecule has 1 aliphatic carbocycles. The van der Waals surface area contributed by atoms with Gasteiger partial charge in [-0.1, -0.05) is 12.5 Å². The van der Waals surface area contributed by atoms with Crippen molar-refractivity contribution in [2.24, 2.45) is 14.1 Å². The van der Waals surface area contributed by atoms with E-state index >= 15 is 0 Å². The zero-order valence-electron chi connectivity index (χ0n) is 10.4. The van der Waals surface area contributed by atoms with Gasteiger partial charge in [-0.2, -0.15) is 0 Å². The first-order chi connectivity index (χ1) is 8.18. The molecule has 1 aromatic carbocycles. The summed E-state index contributed by atoms with van der Waals surface area (Å²) in [7, 11) is 4.10. The third-order valence-corrected chi connectivity index (χ3v) is 4.10. The van der Waals surface area contributed by atoms with Gasteiger partial charge in [0.15, 0.2) is 0 Å². The number of carbonyl (C=O) groups excluding carboxylic acids is 1. The Balaban J connectivity index is 2.00. The molecule has 1 heterocycles. The Morgan fingerprint density at radius 3 is 2.65 bits per heavy atom. The minimum absolute atomic E-state index is 0.147. The summed E-state index contributed by atoms with van der Waals surface area (Å²) in [4.78, 5) is 11.9. The van der Waals surface area contributed by atoms with Gasteiger partial charge >= 0.3 is 0 Å². The van der Waals surface area contributed by atoms with E-state index in [1.54, 1.807) is 0 Å². The minimum atomic E-state index is 0.147. The zero-order valence-corrected chi connectivity index (χ0v) is 10.4. The van der Waals surface area contributed by atoms with E-state index in [4.69, 9.17) is 0 Å². The number of hydrogen-bond acceptors (Lipinski definition) is 1. The van der Waals surface area contributed by atoms with Gasteiger partial charge in [-0.25, -0.2) is 0 Å². The lowest BCUT2D eigenvalue weighted by Crippen LogP contribution is -2.20. The first-order valence-corrected chi connectivity index (χ1v) is 6.32. The number of nitrogens with zero attached hydrogens (tertiary/aromatic N) is 2. The van der Waals surface area contributed by atoms with E-state index < -0.39 is 0 Å². The highest BCUT2D eigenvalue weighted by atomic mass is 16.1. The van der Waals surface area contributed by atoms with E-state index in [9.17, 15) is 4.79 Å². The lowest BCUT2D eigenvalue weighted by Gasteiger charge is -2.24. The van der Waals surface area contributed by atoms with Crippen molar-refractivity contribution in [3.05, 3.63) is 23.8 Å². The fraction of sp³-hybridized carbons (Fsp3) is 0.500. The molecule has 0 saturated heterocycles. The maximum atomic E-state index is 11.9. The van der Waals surface area contributed by atoms with E-state index in [0.717, 1.165) is 19.3 Å². The van der Waals surface area contributed by atoms with Crippen molar-refractivity contribution in [3.8, 4) is 0 Å². The van der Waals surface area contributed by atoms with Crippen LogP contribution in [0.1, 0.15) is 37.2 Å². The maximum absolute atomic E-state index is 11.9. The number of ketones is 1. The van der Waals surface area contributed by atoms with Crippen molar-refractivity contribution >= 4 is 16.8 Å². The topological polar surface area (TPSA) is 26.9 Å². The van der Waals surface area contributed by atoms with Gasteiger partial charge in [0.25, 0.3) is 0 Å². The first-order valence-electron chi connectivity index (χ1n) is 6.32. The highest BCUT2D eigenvalue weighted by molar-refractivity contribution is 5.88. The molecule has 2 aromatic rings. The average Bonchev–Trinajstić information content (AvgIpc) is 2.37. The number of aryl methyl sites for hydroxylation is 2. The van der Waals surface area contributed by atoms with Gasteiger partial charge in [0.2, 0.25) is 0 Å². The molecule has 1 atom stereocenters. The Hall–Kier alpha value is -1.51. The molecule has 3 rings (SSSR count). The fourth-order valence-corrected chi connectivity index (χ4v) is 2.90. The van der Waals surface area contributed by atoms with E-state index in [0.29, 0.717) is 5.78 Å². The zero-order chi connectivity index (χ0) is 12.0. The average molecular weight is 230 g/mol. The number of benzene rings is 1. The SMILES string of the molecule is Cn1c2ccc(C3CCCCC3=O)cc2n1C. The van der Waals surface area contributed by atoms with E-state index in [1.165, 1.54) is 23.0 Å². The van der Waals surface area contributed by atoms with Gasteiger partial charge in [0.05, 0.1) is 11.0 Å². The molecule has 1 saturated carbocycles. The normalized spacial score (nSPS) is 21.3. The van der Waals surface area contributed by atoms with Crippen LogP contribution in [-0.4, -0.2) is 15.1 Å². The Bertz CT molecular complexity index is 576. The van der Waals surface area contributed by atoms with Gasteiger partial charge in [0, 0.05) is 26.4 Å². The van der Waals surface area contributed by atoms with Crippen LogP contribution in [0.4, 0.5) is 0 Å². The monoisotopic (exact) mass is 230 g/mol. The Morgan fingerprint density at radius 1 is 1.12 bits per heavy atom. The smallest absolute Gasteiger partial charge is 0.140 e. The number of rotatable bonds is 1. The predicted octanol–water partition coefficient (Wildman–Crippen LogP) is 2.74. The van der Waals surface area contributed by atoms with Crippen LogP contribution in [0.15, 0.2) is 18.2 Å². The molecule has 1 aromatic heterocycles. The summed E-state index contributed by atoms with van der Waals surface area (Å²) in [5.41, 5.74) is 3.69. The predicted molar refractivity (Wildman–Crippen MR) is 68.1 cm³/mol. The molecule has 3 nitrogen and oxygen atoms in total. The molecule has 1 unspecified atom stereocenters. The molecule has 0 bridgehead atoms. The molecule has 1 aliphatic rings. The van der Waals surface area contributed by atoms with Gasteiger partial charge < -0.3 is 0 Å². The van der Waals surface area contributed by atoms with E-state index in [2.05, 4.69) is 34.6 Å². The van der Waals surface area contributed by atoms with Crippen LogP contribution in [-0.2, 0) is 18.9 Å². The summed E-state index contributed by atoms with van der Waals surface area (Å²) >= 11 is 0. The van der Waals surface area contributed by atoms with Crippen LogP contribution >= 0.6 is 0 Å². The van der Waals surface area contributed by atoms with E-state index in [-0.39, 0.29) is 5.92 Å². The number of aromatic nitrogens is 2. The molecule has 0 N–H and O–H groups in total. The summed E-state index contributed by atoms with van der Waals surface area (Å²) < 4.78 is 4.23. The number of hydrogen-bond donors (Lipinski definition) is 0. The lowest BCUT2D eigenvalue weighted by atomic mass is 9.83. The highest BCUT2D eigenvalue weighted by Crippen LogP contribution is 2.32. The summed E-state index contributed by atoms with van der Waals surface area (Å²) in [5, 5.41) is 0. The molecule has 0 spiro atoms. The summed E-state index contributed by atoms with van der Waals surface area (Å²) in [6.07, 6.45) is 4.04. The summed E-state index contributed by atoms with van der Waals surface area (Å²) in [6.45, 7) is 0. The second kappa shape index (κ2) is 3.76. The Morgan fingerprint density at radius 2 is 1.88 bits per heavy atom. The largest absolute Gasteiger partial charge is 0.299 e. The minimum Gasteiger partial charge on any atom is -0.299 e. The van der Waals surface area contributed by atoms with Crippen molar-refractivity contribution in [1.82, 2.24) is 9.36 Å². The van der Waals surface area contributed by atoms with E-state index in [1.807, 2.05) is 7.05 Å². The quantitative estimate of drug-likeness (QED) is 0.740. The van der Waals surface area contributed by atoms with Crippen LogP contribution in [0.2, 0.25) is 0 Å². The van der Waals surface area contributed by atoms with Crippen LogP contribution in [0.3, 0.4) is 0 Å². The molecular weight excluding hydrogens is 212 g/mol. The van der Waals surface area contributed by atoms with Crippen molar-refractivity contribution in [3.63, 3.8) is 0 Å². The van der Waals surface area contributed by atoms with Crippen LogP contribution in [0.5, 0.6) is 0 Å². The van der Waals surface area contributed by atoms with Crippen LogP contribution < -0.4 is 0 Å². The van der Waals surface area contributed by atoms with Gasteiger partial charge in [0.1, 0.15) is 5.78 Å². The lowest BCUT2D eigenvalue weighted by molar-refractivity contribution is -0.121. The Kier molecular flexibility index (Phi) is 2.35. The summed E-state index contributed by atoms with van der Waals surface area (Å²) in [5.74, 6) is 0.569. The van der Waals surface area contributed by atoms with Gasteiger partial charge in [-0.15, -0.1) is 0 Å². The first kappa shape index (κ1) is 10.6. The second-order valence-electron chi connectivity index (χ2n) is 5.06. The number of carbonyl (C=O) groups is 1. The van der Waals surface area contributed by atoms with Crippen molar-refractivity contribution in [2.45, 2.75) is 31.6 Å². The highest BCUT2D eigenvalue weighted by Gasteiger charge is 2.24. The van der Waals surface area contributed by atoms with Gasteiger partial charge in [-0.05, 0) is 30.5 Å². The van der Waals surface area contributed by atoms with Gasteiger partial charge in [-0.3, -0.25) is 14.2 Å². The fourth-order valence-electron chi connectivity index (χ4n) is 2.90.